The quantitative estimate of drug-likeness (QED) is 0.350. The van der Waals surface area contributed by atoms with Crippen LogP contribution in [0.3, 0.4) is 0 Å². The molecular formula is H7CaKMgOZn. The smallest absolute Gasteiger partial charge is 1.00 e. The third kappa shape index (κ3) is 17.8. The van der Waals surface area contributed by atoms with Crippen LogP contribution in [0.4, 0.5) is 0 Å². The third-order valence-electron chi connectivity index (χ3n) is 0. The molecule has 0 aliphatic heterocycles. The minimum absolute atomic E-state index is 0. The van der Waals surface area contributed by atoms with Crippen LogP contribution in [0.25, 0.3) is 0 Å². The van der Waals surface area contributed by atoms with E-state index >= 15 is 0 Å². The molecule has 0 atom stereocenters. The van der Waals surface area contributed by atoms with Crippen molar-refractivity contribution in [3.05, 3.63) is 0 Å². The maximum absolute atomic E-state index is 0. The molecule has 0 aromatic heterocycles. The fraction of sp³-hybridized carbons (Fsp3) is 0. The molecule has 0 aliphatic carbocycles. The van der Waals surface area contributed by atoms with Gasteiger partial charge in [0.05, 0.1) is 0 Å². The Labute approximate surface area is 140 Å². The molecule has 0 unspecified atom stereocenters. The van der Waals surface area contributed by atoms with Gasteiger partial charge in [-0.15, -0.1) is 0 Å². The first-order valence-corrected chi connectivity index (χ1v) is 0. The molecule has 5 heteroatoms. The van der Waals surface area contributed by atoms with E-state index in [1.54, 1.807) is 0 Å². The van der Waals surface area contributed by atoms with Crippen molar-refractivity contribution in [2.45, 2.75) is 0 Å². The molecule has 20 valence electrons. The van der Waals surface area contributed by atoms with Crippen molar-refractivity contribution in [3.8, 4) is 0 Å². The van der Waals surface area contributed by atoms with E-state index in [1.807, 2.05) is 0 Å². The van der Waals surface area contributed by atoms with E-state index in [4.69, 9.17) is 0 Å². The minimum atomic E-state index is 0. The summed E-state index contributed by atoms with van der Waals surface area (Å²) >= 11 is 0. The van der Waals surface area contributed by atoms with Crippen LogP contribution in [-0.4, -0.2) is 66.3 Å². The van der Waals surface area contributed by atoms with Crippen molar-refractivity contribution in [1.82, 2.24) is 0 Å². The molecule has 0 amide bonds. The molecule has 5 heavy (non-hydrogen) atoms. The first kappa shape index (κ1) is 34.9. The number of rotatable bonds is 0. The van der Waals surface area contributed by atoms with Crippen LogP contribution in [0.1, 0.15) is 7.13 Å². The summed E-state index contributed by atoms with van der Waals surface area (Å²) in [7, 11) is 0. The van der Waals surface area contributed by atoms with Crippen LogP contribution in [0.2, 0.25) is 0 Å². The molecule has 2 N–H and O–H groups in total. The first-order chi connectivity index (χ1) is 0. The molecule has 0 aliphatic rings. The fourth-order valence-corrected chi connectivity index (χ4v) is 0. The molecule has 0 rings (SSSR count). The van der Waals surface area contributed by atoms with E-state index in [9.17, 15) is 0 Å². The van der Waals surface area contributed by atoms with Crippen molar-refractivity contribution in [2.75, 3.05) is 0 Å². The molecule has 0 aromatic carbocycles. The monoisotopic (exact) mass is 190 g/mol. The zero-order valence-electron chi connectivity index (χ0n) is 8.62. The van der Waals surface area contributed by atoms with Crippen molar-refractivity contribution < 1.29 is 83.5 Å². The zero-order chi connectivity index (χ0) is 0. The summed E-state index contributed by atoms with van der Waals surface area (Å²) < 4.78 is 0. The maximum Gasteiger partial charge on any atom is 2.00 e. The van der Waals surface area contributed by atoms with E-state index in [1.165, 1.54) is 0 Å². The summed E-state index contributed by atoms with van der Waals surface area (Å²) in [5, 5.41) is 0. The molecule has 0 aromatic rings. The molecule has 0 saturated heterocycles. The van der Waals surface area contributed by atoms with E-state index < -0.39 is 0 Å². The van der Waals surface area contributed by atoms with Gasteiger partial charge in [-0.05, 0) is 0 Å². The number of hydrogen-bond acceptors (Lipinski definition) is 0. The second-order valence-corrected chi connectivity index (χ2v) is 0. The maximum atomic E-state index is 0. The fourth-order valence-electron chi connectivity index (χ4n) is 0. The predicted octanol–water partition coefficient (Wildman–Crippen LogP) is -4.02. The molecule has 0 saturated carbocycles. The molecular weight excluding hydrogens is 185 g/mol. The summed E-state index contributed by atoms with van der Waals surface area (Å²) in [5.74, 6) is 0. The van der Waals surface area contributed by atoms with Gasteiger partial charge in [0.15, 0.2) is 0 Å². The van der Waals surface area contributed by atoms with Gasteiger partial charge in [-0.3, -0.25) is 0 Å². The molecule has 1 nitrogen and oxygen atoms in total. The van der Waals surface area contributed by atoms with Gasteiger partial charge in [-0.1, -0.05) is 0 Å². The SMILES string of the molecule is O.[Ca+2].[H-].[H-].[H-].[H-].[H-].[K+].[Mg+2].[Zn]. The normalized spacial score (nSPS) is 0. The standard InChI is InChI=1S/Ca.K.Mg.H2O.Zn.5H/h;;;1H2;;;;;;/q+2;+1;+2;;;5*-1. The summed E-state index contributed by atoms with van der Waals surface area (Å²) in [5.41, 5.74) is 0. The van der Waals surface area contributed by atoms with Crippen LogP contribution >= 0.6 is 0 Å². The average molecular weight is 192 g/mol. The van der Waals surface area contributed by atoms with Crippen LogP contribution in [0, 0.1) is 0 Å². The molecule has 0 radical (unpaired) electrons. The Morgan fingerprint density at radius 2 is 1.20 bits per heavy atom. The zero-order valence-corrected chi connectivity index (χ0v) is 13.3. The summed E-state index contributed by atoms with van der Waals surface area (Å²) in [6.45, 7) is 0. The van der Waals surface area contributed by atoms with Crippen molar-refractivity contribution in [2.24, 2.45) is 0 Å². The Kier molecular flexibility index (Phi) is 167. The van der Waals surface area contributed by atoms with Crippen molar-refractivity contribution in [3.63, 3.8) is 0 Å². The summed E-state index contributed by atoms with van der Waals surface area (Å²) in [4.78, 5) is 0. The second kappa shape index (κ2) is 24.0. The Morgan fingerprint density at radius 3 is 1.20 bits per heavy atom. The van der Waals surface area contributed by atoms with Crippen LogP contribution < -0.4 is 51.4 Å². The topological polar surface area (TPSA) is 31.5 Å². The Hall–Kier alpha value is 4.25. The summed E-state index contributed by atoms with van der Waals surface area (Å²) in [6.07, 6.45) is 0. The third-order valence-corrected chi connectivity index (χ3v) is 0. The number of hydrogen-bond donors (Lipinski definition) is 0. The largest absolute Gasteiger partial charge is 2.00 e. The van der Waals surface area contributed by atoms with Gasteiger partial charge in [0.2, 0.25) is 0 Å². The van der Waals surface area contributed by atoms with E-state index in [2.05, 4.69) is 0 Å². The van der Waals surface area contributed by atoms with Gasteiger partial charge in [0.1, 0.15) is 0 Å². The van der Waals surface area contributed by atoms with E-state index in [-0.39, 0.29) is 144 Å². The van der Waals surface area contributed by atoms with Crippen LogP contribution in [-0.2, 0) is 19.5 Å². The predicted molar refractivity (Wildman–Crippen MR) is 20.7 cm³/mol. The van der Waals surface area contributed by atoms with E-state index in [0.29, 0.717) is 0 Å². The summed E-state index contributed by atoms with van der Waals surface area (Å²) in [6, 6.07) is 0. The van der Waals surface area contributed by atoms with Gasteiger partial charge >= 0.3 is 112 Å². The Bertz CT molecular complexity index is 21.6. The average Bonchev–Trinajstić information content (AvgIpc) is 0. The van der Waals surface area contributed by atoms with Crippen LogP contribution in [0.5, 0.6) is 0 Å². The van der Waals surface area contributed by atoms with Crippen LogP contribution in [0.15, 0.2) is 0 Å². The molecule has 0 bridgehead atoms. The van der Waals surface area contributed by atoms with Gasteiger partial charge in [0.25, 0.3) is 0 Å². The van der Waals surface area contributed by atoms with Gasteiger partial charge in [-0.25, -0.2) is 0 Å². The first-order valence-electron chi connectivity index (χ1n) is 0. The molecule has 0 fully saturated rings. The van der Waals surface area contributed by atoms with Gasteiger partial charge in [-0.2, -0.15) is 0 Å². The van der Waals surface area contributed by atoms with Gasteiger partial charge < -0.3 is 12.6 Å². The van der Waals surface area contributed by atoms with Crippen molar-refractivity contribution >= 4 is 60.8 Å². The van der Waals surface area contributed by atoms with E-state index in [0.717, 1.165) is 0 Å². The molecule has 0 spiro atoms. The second-order valence-electron chi connectivity index (χ2n) is 0. The van der Waals surface area contributed by atoms with Crippen molar-refractivity contribution in [1.29, 1.82) is 0 Å². The van der Waals surface area contributed by atoms with Gasteiger partial charge in [0, 0.05) is 19.5 Å². The molecule has 0 heterocycles. The Balaban J connectivity index is 0. The Morgan fingerprint density at radius 1 is 1.20 bits per heavy atom. The minimum Gasteiger partial charge on any atom is -1.00 e.